The monoisotopic (exact) mass is 337 g/mol. The highest BCUT2D eigenvalue weighted by Gasteiger charge is 2.29. The molecular formula is C17H24BrNO. The van der Waals surface area contributed by atoms with Crippen LogP contribution in [0, 0.1) is 17.8 Å². The Morgan fingerprint density at radius 1 is 1.30 bits per heavy atom. The van der Waals surface area contributed by atoms with E-state index >= 15 is 0 Å². The normalized spacial score (nSPS) is 29.1. The van der Waals surface area contributed by atoms with Crippen molar-refractivity contribution in [2.24, 2.45) is 23.5 Å². The number of fused-ring (bicyclic) bond motifs is 1. The van der Waals surface area contributed by atoms with Gasteiger partial charge < -0.3 is 10.5 Å². The summed E-state index contributed by atoms with van der Waals surface area (Å²) in [5, 5.41) is 0. The minimum absolute atomic E-state index is 0.683. The van der Waals surface area contributed by atoms with Gasteiger partial charge in [0.05, 0.1) is 6.61 Å². The molecule has 20 heavy (non-hydrogen) atoms. The molecule has 1 aliphatic carbocycles. The van der Waals surface area contributed by atoms with Gasteiger partial charge in [-0.05, 0) is 66.8 Å². The fourth-order valence-corrected chi connectivity index (χ4v) is 4.45. The van der Waals surface area contributed by atoms with Crippen LogP contribution in [0.5, 0.6) is 5.75 Å². The van der Waals surface area contributed by atoms with Gasteiger partial charge in [0.1, 0.15) is 5.75 Å². The van der Waals surface area contributed by atoms with Gasteiger partial charge in [0.2, 0.25) is 0 Å². The molecule has 0 saturated heterocycles. The summed E-state index contributed by atoms with van der Waals surface area (Å²) < 4.78 is 7.05. The van der Waals surface area contributed by atoms with Gasteiger partial charge >= 0.3 is 0 Å². The SMILES string of the molecule is CC1CCC(CN)C(Cc2cc(Br)cc3c2OCC3)C1. The molecule has 1 aromatic rings. The molecule has 1 fully saturated rings. The van der Waals surface area contributed by atoms with Crippen LogP contribution < -0.4 is 10.5 Å². The van der Waals surface area contributed by atoms with Gasteiger partial charge in [-0.3, -0.25) is 0 Å². The maximum absolute atomic E-state index is 5.99. The maximum Gasteiger partial charge on any atom is 0.125 e. The van der Waals surface area contributed by atoms with Gasteiger partial charge in [0.25, 0.3) is 0 Å². The second kappa shape index (κ2) is 6.07. The summed E-state index contributed by atoms with van der Waals surface area (Å²) in [5.41, 5.74) is 8.74. The molecule has 1 saturated carbocycles. The Morgan fingerprint density at radius 3 is 2.95 bits per heavy atom. The van der Waals surface area contributed by atoms with Crippen molar-refractivity contribution < 1.29 is 4.74 Å². The third-order valence-corrected chi connectivity index (χ3v) is 5.47. The standard InChI is InChI=1S/C17H24BrNO/c1-11-2-3-13(10-19)14(6-11)7-15-9-16(18)8-12-4-5-20-17(12)15/h8-9,11,13-14H,2-7,10,19H2,1H3. The summed E-state index contributed by atoms with van der Waals surface area (Å²) in [5.74, 6) is 3.39. The van der Waals surface area contributed by atoms with E-state index < -0.39 is 0 Å². The van der Waals surface area contributed by atoms with Crippen molar-refractivity contribution in [1.82, 2.24) is 0 Å². The van der Waals surface area contributed by atoms with E-state index in [2.05, 4.69) is 35.0 Å². The molecule has 1 aliphatic heterocycles. The second-order valence-corrected chi connectivity index (χ2v) is 7.45. The van der Waals surface area contributed by atoms with Crippen molar-refractivity contribution in [3.05, 3.63) is 27.7 Å². The molecule has 0 aromatic heterocycles. The number of hydrogen-bond acceptors (Lipinski definition) is 2. The Morgan fingerprint density at radius 2 is 2.15 bits per heavy atom. The Kier molecular flexibility index (Phi) is 4.37. The average Bonchev–Trinajstić information content (AvgIpc) is 2.87. The highest BCUT2D eigenvalue weighted by atomic mass is 79.9. The predicted octanol–water partition coefficient (Wildman–Crippen LogP) is 3.94. The van der Waals surface area contributed by atoms with Gasteiger partial charge in [-0.25, -0.2) is 0 Å². The quantitative estimate of drug-likeness (QED) is 0.906. The van der Waals surface area contributed by atoms with Crippen LogP contribution in [0.25, 0.3) is 0 Å². The topological polar surface area (TPSA) is 35.2 Å². The molecule has 1 aromatic carbocycles. The fraction of sp³-hybridized carbons (Fsp3) is 0.647. The lowest BCUT2D eigenvalue weighted by Crippen LogP contribution is -2.31. The van der Waals surface area contributed by atoms with Crippen molar-refractivity contribution in [1.29, 1.82) is 0 Å². The molecule has 3 atom stereocenters. The van der Waals surface area contributed by atoms with Crippen LogP contribution in [0.3, 0.4) is 0 Å². The summed E-state index contributed by atoms with van der Waals surface area (Å²) >= 11 is 3.64. The van der Waals surface area contributed by atoms with Crippen molar-refractivity contribution in [2.75, 3.05) is 13.2 Å². The summed E-state index contributed by atoms with van der Waals surface area (Å²) in [6.07, 6.45) is 6.10. The van der Waals surface area contributed by atoms with Crippen molar-refractivity contribution in [2.45, 2.75) is 39.0 Å². The smallest absolute Gasteiger partial charge is 0.125 e. The number of rotatable bonds is 3. The number of halogens is 1. The van der Waals surface area contributed by atoms with Crippen LogP contribution in [0.4, 0.5) is 0 Å². The van der Waals surface area contributed by atoms with Crippen LogP contribution in [0.1, 0.15) is 37.3 Å². The molecule has 2 aliphatic rings. The molecule has 0 radical (unpaired) electrons. The van der Waals surface area contributed by atoms with E-state index in [-0.39, 0.29) is 0 Å². The van der Waals surface area contributed by atoms with Crippen molar-refractivity contribution in [3.8, 4) is 5.75 Å². The third-order valence-electron chi connectivity index (χ3n) is 5.01. The summed E-state index contributed by atoms with van der Waals surface area (Å²) in [6, 6.07) is 4.45. The minimum Gasteiger partial charge on any atom is -0.493 e. The first kappa shape index (κ1) is 14.4. The van der Waals surface area contributed by atoms with Gasteiger partial charge in [-0.1, -0.05) is 29.3 Å². The van der Waals surface area contributed by atoms with E-state index in [0.29, 0.717) is 11.8 Å². The molecule has 2 nitrogen and oxygen atoms in total. The van der Waals surface area contributed by atoms with Crippen LogP contribution in [0.2, 0.25) is 0 Å². The number of hydrogen-bond donors (Lipinski definition) is 1. The van der Waals surface area contributed by atoms with Crippen LogP contribution in [0.15, 0.2) is 16.6 Å². The van der Waals surface area contributed by atoms with E-state index in [1.807, 2.05) is 0 Å². The maximum atomic E-state index is 5.99. The lowest BCUT2D eigenvalue weighted by atomic mass is 9.72. The van der Waals surface area contributed by atoms with E-state index in [4.69, 9.17) is 10.5 Å². The average molecular weight is 338 g/mol. The van der Waals surface area contributed by atoms with Crippen LogP contribution >= 0.6 is 15.9 Å². The molecule has 110 valence electrons. The summed E-state index contributed by atoms with van der Waals surface area (Å²) in [7, 11) is 0. The lowest BCUT2D eigenvalue weighted by molar-refractivity contribution is 0.192. The lowest BCUT2D eigenvalue weighted by Gasteiger charge is -2.34. The summed E-state index contributed by atoms with van der Waals surface area (Å²) in [6.45, 7) is 4.04. The predicted molar refractivity (Wildman–Crippen MR) is 86.1 cm³/mol. The molecule has 3 heteroatoms. The number of ether oxygens (including phenoxy) is 1. The van der Waals surface area contributed by atoms with Gasteiger partial charge in [0, 0.05) is 10.9 Å². The Labute approximate surface area is 130 Å². The largest absolute Gasteiger partial charge is 0.493 e. The Hall–Kier alpha value is -0.540. The number of benzene rings is 1. The van der Waals surface area contributed by atoms with Gasteiger partial charge in [-0.15, -0.1) is 0 Å². The molecule has 1 heterocycles. The fourth-order valence-electron chi connectivity index (χ4n) is 3.90. The number of nitrogens with two attached hydrogens (primary N) is 1. The molecule has 0 bridgehead atoms. The molecule has 0 spiro atoms. The zero-order valence-electron chi connectivity index (χ0n) is 12.2. The van der Waals surface area contributed by atoms with E-state index in [1.54, 1.807) is 0 Å². The zero-order valence-corrected chi connectivity index (χ0v) is 13.8. The van der Waals surface area contributed by atoms with Gasteiger partial charge in [-0.2, -0.15) is 0 Å². The minimum atomic E-state index is 0.683. The Balaban J connectivity index is 1.83. The molecular weight excluding hydrogens is 314 g/mol. The third kappa shape index (κ3) is 2.89. The molecule has 3 rings (SSSR count). The first-order chi connectivity index (χ1) is 9.67. The van der Waals surface area contributed by atoms with E-state index in [1.165, 1.54) is 34.9 Å². The van der Waals surface area contributed by atoms with Gasteiger partial charge in [0.15, 0.2) is 0 Å². The van der Waals surface area contributed by atoms with Crippen LogP contribution in [-0.2, 0) is 12.8 Å². The van der Waals surface area contributed by atoms with Crippen LogP contribution in [-0.4, -0.2) is 13.2 Å². The first-order valence-electron chi connectivity index (χ1n) is 7.81. The highest BCUT2D eigenvalue weighted by molar-refractivity contribution is 9.10. The zero-order chi connectivity index (χ0) is 14.1. The second-order valence-electron chi connectivity index (χ2n) is 6.53. The summed E-state index contributed by atoms with van der Waals surface area (Å²) in [4.78, 5) is 0. The highest BCUT2D eigenvalue weighted by Crippen LogP contribution is 2.39. The van der Waals surface area contributed by atoms with Crippen molar-refractivity contribution >= 4 is 15.9 Å². The van der Waals surface area contributed by atoms with E-state index in [0.717, 1.165) is 37.7 Å². The molecule has 2 N–H and O–H groups in total. The molecule has 0 amide bonds. The Bertz CT molecular complexity index is 488. The van der Waals surface area contributed by atoms with E-state index in [9.17, 15) is 0 Å². The van der Waals surface area contributed by atoms with Crippen molar-refractivity contribution in [3.63, 3.8) is 0 Å². The molecule has 3 unspecified atom stereocenters. The first-order valence-corrected chi connectivity index (χ1v) is 8.61.